The van der Waals surface area contributed by atoms with Crippen LogP contribution in [0.2, 0.25) is 0 Å². The predicted octanol–water partition coefficient (Wildman–Crippen LogP) is 1.57. The average Bonchev–Trinajstić information content (AvgIpc) is 2.20. The highest BCUT2D eigenvalue weighted by molar-refractivity contribution is 5.17. The minimum absolute atomic E-state index is 0.0387. The zero-order chi connectivity index (χ0) is 9.97. The van der Waals surface area contributed by atoms with Gasteiger partial charge in [0.2, 0.25) is 0 Å². The number of nitrogens with zero attached hydrogens (tertiary/aromatic N) is 1. The number of aromatic nitrogens is 1. The molecule has 76 valence electrons. The third-order valence-electron chi connectivity index (χ3n) is 2.63. The quantitative estimate of drug-likeness (QED) is 0.734. The van der Waals surface area contributed by atoms with Gasteiger partial charge in [-0.1, -0.05) is 6.07 Å². The van der Waals surface area contributed by atoms with E-state index in [1.54, 1.807) is 0 Å². The van der Waals surface area contributed by atoms with Crippen LogP contribution in [0.15, 0.2) is 18.3 Å². The summed E-state index contributed by atoms with van der Waals surface area (Å²) in [7, 11) is 0. The minimum Gasteiger partial charge on any atom is -0.372 e. The molecule has 3 heteroatoms. The second kappa shape index (κ2) is 4.07. The standard InChI is InChI=1S/C11H16N2O/c1-8-4-5-9(7-13-8)11-10(12)3-2-6-14-11/h4-5,7,10-11H,2-3,6,12H2,1H3. The van der Waals surface area contributed by atoms with Crippen LogP contribution in [0.5, 0.6) is 0 Å². The van der Waals surface area contributed by atoms with Gasteiger partial charge in [0, 0.05) is 30.1 Å². The van der Waals surface area contributed by atoms with Crippen molar-refractivity contribution in [3.8, 4) is 0 Å². The number of pyridine rings is 1. The van der Waals surface area contributed by atoms with Gasteiger partial charge in [0.25, 0.3) is 0 Å². The Balaban J connectivity index is 2.16. The molecule has 0 bridgehead atoms. The average molecular weight is 192 g/mol. The van der Waals surface area contributed by atoms with Crippen molar-refractivity contribution in [2.24, 2.45) is 5.73 Å². The molecule has 14 heavy (non-hydrogen) atoms. The molecule has 1 aromatic heterocycles. The molecule has 2 atom stereocenters. The highest BCUT2D eigenvalue weighted by atomic mass is 16.5. The molecule has 1 aromatic rings. The monoisotopic (exact) mass is 192 g/mol. The van der Waals surface area contributed by atoms with Crippen LogP contribution in [-0.4, -0.2) is 17.6 Å². The molecule has 0 aromatic carbocycles. The fourth-order valence-electron chi connectivity index (χ4n) is 1.80. The third-order valence-corrected chi connectivity index (χ3v) is 2.63. The maximum Gasteiger partial charge on any atom is 0.0990 e. The van der Waals surface area contributed by atoms with Gasteiger partial charge in [0.1, 0.15) is 0 Å². The van der Waals surface area contributed by atoms with Crippen LogP contribution in [0.25, 0.3) is 0 Å². The van der Waals surface area contributed by atoms with Crippen molar-refractivity contribution >= 4 is 0 Å². The lowest BCUT2D eigenvalue weighted by molar-refractivity contribution is -0.0000578. The molecule has 2 heterocycles. The predicted molar refractivity (Wildman–Crippen MR) is 54.9 cm³/mol. The number of rotatable bonds is 1. The van der Waals surface area contributed by atoms with Crippen LogP contribution in [0.3, 0.4) is 0 Å². The van der Waals surface area contributed by atoms with E-state index in [0.29, 0.717) is 0 Å². The van der Waals surface area contributed by atoms with E-state index < -0.39 is 0 Å². The highest BCUT2D eigenvalue weighted by Gasteiger charge is 2.24. The zero-order valence-electron chi connectivity index (χ0n) is 8.44. The molecule has 2 N–H and O–H groups in total. The largest absolute Gasteiger partial charge is 0.372 e. The molecule has 0 aliphatic carbocycles. The van der Waals surface area contributed by atoms with E-state index in [1.807, 2.05) is 19.2 Å². The molecule has 3 nitrogen and oxygen atoms in total. The molecule has 1 aliphatic heterocycles. The van der Waals surface area contributed by atoms with Gasteiger partial charge in [-0.2, -0.15) is 0 Å². The molecule has 0 spiro atoms. The van der Waals surface area contributed by atoms with E-state index in [4.69, 9.17) is 10.5 Å². The molecule has 2 unspecified atom stereocenters. The van der Waals surface area contributed by atoms with Gasteiger partial charge in [-0.25, -0.2) is 0 Å². The Hall–Kier alpha value is -0.930. The third kappa shape index (κ3) is 1.94. The van der Waals surface area contributed by atoms with Crippen molar-refractivity contribution in [1.82, 2.24) is 4.98 Å². The van der Waals surface area contributed by atoms with Crippen molar-refractivity contribution in [3.63, 3.8) is 0 Å². The maximum absolute atomic E-state index is 6.00. The van der Waals surface area contributed by atoms with Crippen LogP contribution in [0.4, 0.5) is 0 Å². The summed E-state index contributed by atoms with van der Waals surface area (Å²) in [5.74, 6) is 0. The fraction of sp³-hybridized carbons (Fsp3) is 0.545. The van der Waals surface area contributed by atoms with E-state index in [2.05, 4.69) is 11.1 Å². The van der Waals surface area contributed by atoms with E-state index in [0.717, 1.165) is 30.7 Å². The molecule has 1 fully saturated rings. The normalized spacial score (nSPS) is 27.6. The summed E-state index contributed by atoms with van der Waals surface area (Å²) >= 11 is 0. The lowest BCUT2D eigenvalue weighted by Gasteiger charge is -2.29. The Labute approximate surface area is 84.3 Å². The van der Waals surface area contributed by atoms with Gasteiger partial charge in [0.15, 0.2) is 0 Å². The van der Waals surface area contributed by atoms with Crippen LogP contribution in [-0.2, 0) is 4.74 Å². The van der Waals surface area contributed by atoms with E-state index >= 15 is 0 Å². The Morgan fingerprint density at radius 2 is 2.36 bits per heavy atom. The molecule has 2 rings (SSSR count). The minimum atomic E-state index is 0.0387. The molecule has 0 saturated carbocycles. The van der Waals surface area contributed by atoms with Crippen LogP contribution in [0, 0.1) is 6.92 Å². The lowest BCUT2D eigenvalue weighted by Crippen LogP contribution is -2.34. The van der Waals surface area contributed by atoms with Gasteiger partial charge in [-0.3, -0.25) is 4.98 Å². The van der Waals surface area contributed by atoms with E-state index in [-0.39, 0.29) is 12.1 Å². The molecule has 0 radical (unpaired) electrons. The van der Waals surface area contributed by atoms with Crippen LogP contribution >= 0.6 is 0 Å². The Morgan fingerprint density at radius 1 is 1.50 bits per heavy atom. The SMILES string of the molecule is Cc1ccc(C2OCCCC2N)cn1. The summed E-state index contributed by atoms with van der Waals surface area (Å²) in [4.78, 5) is 4.25. The lowest BCUT2D eigenvalue weighted by atomic mass is 9.98. The van der Waals surface area contributed by atoms with Crippen LogP contribution < -0.4 is 5.73 Å². The van der Waals surface area contributed by atoms with Crippen molar-refractivity contribution in [1.29, 1.82) is 0 Å². The summed E-state index contributed by atoms with van der Waals surface area (Å²) in [5, 5.41) is 0. The second-order valence-electron chi connectivity index (χ2n) is 3.83. The number of ether oxygens (including phenoxy) is 1. The van der Waals surface area contributed by atoms with Gasteiger partial charge in [0.05, 0.1) is 6.10 Å². The van der Waals surface area contributed by atoms with Crippen LogP contribution in [0.1, 0.15) is 30.2 Å². The number of hydrogen-bond acceptors (Lipinski definition) is 3. The molecule has 1 saturated heterocycles. The fourth-order valence-corrected chi connectivity index (χ4v) is 1.80. The number of nitrogens with two attached hydrogens (primary N) is 1. The van der Waals surface area contributed by atoms with Gasteiger partial charge < -0.3 is 10.5 Å². The van der Waals surface area contributed by atoms with Gasteiger partial charge in [-0.05, 0) is 25.8 Å². The molecule has 0 amide bonds. The molecule has 1 aliphatic rings. The molecular formula is C11H16N2O. The Morgan fingerprint density at radius 3 is 3.00 bits per heavy atom. The summed E-state index contributed by atoms with van der Waals surface area (Å²) in [5.41, 5.74) is 8.12. The zero-order valence-corrected chi connectivity index (χ0v) is 8.44. The first kappa shape index (κ1) is 9.62. The summed E-state index contributed by atoms with van der Waals surface area (Å²) < 4.78 is 5.65. The van der Waals surface area contributed by atoms with E-state index in [1.165, 1.54) is 0 Å². The summed E-state index contributed by atoms with van der Waals surface area (Å²) in [6.07, 6.45) is 4.01. The van der Waals surface area contributed by atoms with Crippen molar-refractivity contribution in [3.05, 3.63) is 29.6 Å². The number of aryl methyl sites for hydroxylation is 1. The first-order valence-corrected chi connectivity index (χ1v) is 5.07. The number of hydrogen-bond donors (Lipinski definition) is 1. The first-order valence-electron chi connectivity index (χ1n) is 5.07. The summed E-state index contributed by atoms with van der Waals surface area (Å²) in [6.45, 7) is 2.79. The van der Waals surface area contributed by atoms with Gasteiger partial charge >= 0.3 is 0 Å². The second-order valence-corrected chi connectivity index (χ2v) is 3.83. The maximum atomic E-state index is 6.00. The summed E-state index contributed by atoms with van der Waals surface area (Å²) in [6, 6.07) is 4.17. The first-order chi connectivity index (χ1) is 6.77. The highest BCUT2D eigenvalue weighted by Crippen LogP contribution is 2.26. The smallest absolute Gasteiger partial charge is 0.0990 e. The Bertz CT molecular complexity index is 297. The van der Waals surface area contributed by atoms with Crippen molar-refractivity contribution in [2.75, 3.05) is 6.61 Å². The molecular weight excluding hydrogens is 176 g/mol. The van der Waals surface area contributed by atoms with Crippen molar-refractivity contribution < 1.29 is 4.74 Å². The van der Waals surface area contributed by atoms with Crippen molar-refractivity contribution in [2.45, 2.75) is 31.9 Å². The Kier molecular flexibility index (Phi) is 2.79. The van der Waals surface area contributed by atoms with Gasteiger partial charge in [-0.15, -0.1) is 0 Å². The van der Waals surface area contributed by atoms with E-state index in [9.17, 15) is 0 Å². The topological polar surface area (TPSA) is 48.1 Å².